The molecule has 0 spiro atoms. The molecule has 1 atom stereocenters. The van der Waals surface area contributed by atoms with Gasteiger partial charge in [-0.25, -0.2) is 0 Å². The van der Waals surface area contributed by atoms with Crippen molar-refractivity contribution in [2.24, 2.45) is 23.0 Å². The fraction of sp³-hybridized carbons (Fsp3) is 0.824. The van der Waals surface area contributed by atoms with Crippen LogP contribution in [0.2, 0.25) is 0 Å². The van der Waals surface area contributed by atoms with Crippen molar-refractivity contribution in [1.29, 1.82) is 0 Å². The Balaban J connectivity index is 2.52. The second-order valence-electron chi connectivity index (χ2n) is 7.50. The van der Waals surface area contributed by atoms with E-state index in [0.29, 0.717) is 24.8 Å². The monoisotopic (exact) mass is 280 g/mol. The molecule has 1 aliphatic rings. The Labute approximate surface area is 124 Å². The first-order chi connectivity index (χ1) is 9.24. The Kier molecular flexibility index (Phi) is 6.25. The molecule has 0 aromatic rings. The highest BCUT2D eigenvalue weighted by atomic mass is 16.2. The number of rotatable bonds is 5. The highest BCUT2D eigenvalue weighted by Gasteiger charge is 2.24. The van der Waals surface area contributed by atoms with Gasteiger partial charge in [-0.15, -0.1) is 0 Å². The van der Waals surface area contributed by atoms with Gasteiger partial charge in [0.25, 0.3) is 0 Å². The number of hydrogen-bond donors (Lipinski definition) is 1. The van der Waals surface area contributed by atoms with Crippen LogP contribution < -0.4 is 5.73 Å². The first kappa shape index (κ1) is 17.2. The molecule has 20 heavy (non-hydrogen) atoms. The van der Waals surface area contributed by atoms with Gasteiger partial charge in [-0.3, -0.25) is 4.79 Å². The van der Waals surface area contributed by atoms with Crippen molar-refractivity contribution < 1.29 is 4.79 Å². The van der Waals surface area contributed by atoms with Crippen molar-refractivity contribution in [3.63, 3.8) is 0 Å². The Morgan fingerprint density at radius 3 is 2.45 bits per heavy atom. The first-order valence-corrected chi connectivity index (χ1v) is 7.91. The van der Waals surface area contributed by atoms with Gasteiger partial charge >= 0.3 is 0 Å². The van der Waals surface area contributed by atoms with E-state index in [1.807, 2.05) is 4.90 Å². The molecule has 1 aliphatic heterocycles. The van der Waals surface area contributed by atoms with Crippen LogP contribution in [0.1, 0.15) is 53.9 Å². The lowest BCUT2D eigenvalue weighted by Gasteiger charge is -2.33. The van der Waals surface area contributed by atoms with Gasteiger partial charge in [-0.2, -0.15) is 0 Å². The van der Waals surface area contributed by atoms with E-state index in [-0.39, 0.29) is 11.3 Å². The molecule has 1 amide bonds. The Bertz CT molecular complexity index is 352. The van der Waals surface area contributed by atoms with Crippen LogP contribution >= 0.6 is 0 Å². The van der Waals surface area contributed by atoms with E-state index in [2.05, 4.69) is 40.7 Å². The standard InChI is InChI=1S/C17H32N2O/c1-13(2)10-14(12-18)11-16(20)19-8-6-15(7-9-19)17(3,4)5/h6,13-14H,7-12,18H2,1-5H3. The van der Waals surface area contributed by atoms with Crippen LogP contribution in [0.4, 0.5) is 0 Å². The Morgan fingerprint density at radius 2 is 2.05 bits per heavy atom. The summed E-state index contributed by atoms with van der Waals surface area (Å²) in [7, 11) is 0. The smallest absolute Gasteiger partial charge is 0.223 e. The summed E-state index contributed by atoms with van der Waals surface area (Å²) in [5, 5.41) is 0. The van der Waals surface area contributed by atoms with Gasteiger partial charge in [0.15, 0.2) is 0 Å². The summed E-state index contributed by atoms with van der Waals surface area (Å²) >= 11 is 0. The molecule has 0 aromatic carbocycles. The largest absolute Gasteiger partial charge is 0.339 e. The molecule has 1 unspecified atom stereocenters. The molecular formula is C17H32N2O. The predicted octanol–water partition coefficient (Wildman–Crippen LogP) is 3.20. The second kappa shape index (κ2) is 7.26. The minimum absolute atomic E-state index is 0.229. The van der Waals surface area contributed by atoms with E-state index >= 15 is 0 Å². The summed E-state index contributed by atoms with van der Waals surface area (Å²) < 4.78 is 0. The second-order valence-corrected chi connectivity index (χ2v) is 7.50. The lowest BCUT2D eigenvalue weighted by molar-refractivity contribution is -0.132. The SMILES string of the molecule is CC(C)CC(CN)CC(=O)N1CC=C(C(C)(C)C)CC1. The molecular weight excluding hydrogens is 248 g/mol. The molecule has 1 rings (SSSR count). The maximum Gasteiger partial charge on any atom is 0.223 e. The van der Waals surface area contributed by atoms with E-state index in [1.165, 1.54) is 5.57 Å². The van der Waals surface area contributed by atoms with Crippen molar-refractivity contribution in [3.05, 3.63) is 11.6 Å². The molecule has 0 fully saturated rings. The molecule has 0 radical (unpaired) electrons. The number of nitrogens with zero attached hydrogens (tertiary/aromatic N) is 1. The van der Waals surface area contributed by atoms with Gasteiger partial charge in [-0.1, -0.05) is 46.3 Å². The number of carbonyl (C=O) groups is 1. The molecule has 2 N–H and O–H groups in total. The lowest BCUT2D eigenvalue weighted by atomic mass is 9.83. The van der Waals surface area contributed by atoms with Crippen molar-refractivity contribution in [2.45, 2.75) is 53.9 Å². The maximum atomic E-state index is 12.3. The fourth-order valence-corrected chi connectivity index (χ4v) is 2.88. The van der Waals surface area contributed by atoms with E-state index in [1.54, 1.807) is 0 Å². The quantitative estimate of drug-likeness (QED) is 0.786. The average Bonchev–Trinajstić information content (AvgIpc) is 2.36. The van der Waals surface area contributed by atoms with Gasteiger partial charge in [0.05, 0.1) is 0 Å². The van der Waals surface area contributed by atoms with Crippen LogP contribution in [0.5, 0.6) is 0 Å². The topological polar surface area (TPSA) is 46.3 Å². The summed E-state index contributed by atoms with van der Waals surface area (Å²) in [4.78, 5) is 14.3. The Morgan fingerprint density at radius 1 is 1.40 bits per heavy atom. The van der Waals surface area contributed by atoms with E-state index in [9.17, 15) is 4.79 Å². The van der Waals surface area contributed by atoms with Crippen molar-refractivity contribution in [3.8, 4) is 0 Å². The molecule has 0 saturated carbocycles. The first-order valence-electron chi connectivity index (χ1n) is 7.91. The van der Waals surface area contributed by atoms with E-state index < -0.39 is 0 Å². The summed E-state index contributed by atoms with van der Waals surface area (Å²) in [6.45, 7) is 13.3. The van der Waals surface area contributed by atoms with E-state index in [4.69, 9.17) is 5.73 Å². The molecule has 0 bridgehead atoms. The molecule has 0 aliphatic carbocycles. The lowest BCUT2D eigenvalue weighted by Crippen LogP contribution is -2.38. The van der Waals surface area contributed by atoms with Crippen LogP contribution in [0.15, 0.2) is 11.6 Å². The molecule has 3 heteroatoms. The zero-order chi connectivity index (χ0) is 15.3. The molecule has 0 saturated heterocycles. The molecule has 0 aromatic heterocycles. The summed E-state index contributed by atoms with van der Waals surface area (Å²) in [5.74, 6) is 1.20. The van der Waals surface area contributed by atoms with Gasteiger partial charge in [0, 0.05) is 19.5 Å². The van der Waals surface area contributed by atoms with Crippen molar-refractivity contribution in [2.75, 3.05) is 19.6 Å². The summed E-state index contributed by atoms with van der Waals surface area (Å²) in [6.07, 6.45) is 4.89. The Hall–Kier alpha value is -0.830. The number of hydrogen-bond acceptors (Lipinski definition) is 2. The van der Waals surface area contributed by atoms with E-state index in [0.717, 1.165) is 25.9 Å². The third kappa shape index (κ3) is 5.28. The van der Waals surface area contributed by atoms with Gasteiger partial charge in [0.1, 0.15) is 0 Å². The highest BCUT2D eigenvalue weighted by Crippen LogP contribution is 2.30. The normalized spacial score (nSPS) is 18.1. The number of carbonyl (C=O) groups excluding carboxylic acids is 1. The third-order valence-electron chi connectivity index (χ3n) is 4.13. The molecule has 3 nitrogen and oxygen atoms in total. The summed E-state index contributed by atoms with van der Waals surface area (Å²) in [5.41, 5.74) is 7.50. The third-order valence-corrected chi connectivity index (χ3v) is 4.13. The van der Waals surface area contributed by atoms with Crippen LogP contribution in [-0.2, 0) is 4.79 Å². The van der Waals surface area contributed by atoms with Crippen LogP contribution in [-0.4, -0.2) is 30.4 Å². The molecule has 116 valence electrons. The van der Waals surface area contributed by atoms with Crippen LogP contribution in [0.25, 0.3) is 0 Å². The van der Waals surface area contributed by atoms with Gasteiger partial charge < -0.3 is 10.6 Å². The van der Waals surface area contributed by atoms with Crippen LogP contribution in [0, 0.1) is 17.3 Å². The zero-order valence-electron chi connectivity index (χ0n) is 13.9. The van der Waals surface area contributed by atoms with Crippen molar-refractivity contribution in [1.82, 2.24) is 4.90 Å². The van der Waals surface area contributed by atoms with Gasteiger partial charge in [0.2, 0.25) is 5.91 Å². The highest BCUT2D eigenvalue weighted by molar-refractivity contribution is 5.76. The summed E-state index contributed by atoms with van der Waals surface area (Å²) in [6, 6.07) is 0. The zero-order valence-corrected chi connectivity index (χ0v) is 13.9. The predicted molar refractivity (Wildman–Crippen MR) is 85.4 cm³/mol. The fourth-order valence-electron chi connectivity index (χ4n) is 2.88. The molecule has 1 heterocycles. The van der Waals surface area contributed by atoms with Crippen LogP contribution in [0.3, 0.4) is 0 Å². The van der Waals surface area contributed by atoms with Gasteiger partial charge in [-0.05, 0) is 36.6 Å². The number of amides is 1. The minimum Gasteiger partial charge on any atom is -0.339 e. The van der Waals surface area contributed by atoms with Crippen molar-refractivity contribution >= 4 is 5.91 Å². The number of nitrogens with two attached hydrogens (primary N) is 1. The maximum absolute atomic E-state index is 12.3. The average molecular weight is 280 g/mol. The minimum atomic E-state index is 0.229.